The molecule has 2 aromatic heterocycles. The van der Waals surface area contributed by atoms with Crippen LogP contribution in [0.4, 0.5) is 0 Å². The summed E-state index contributed by atoms with van der Waals surface area (Å²) >= 11 is 1.78. The molecule has 1 aliphatic carbocycles. The summed E-state index contributed by atoms with van der Waals surface area (Å²) < 4.78 is 8.27. The molecule has 2 aliphatic rings. The second kappa shape index (κ2) is 6.52. The van der Waals surface area contributed by atoms with E-state index >= 15 is 0 Å². The zero-order valence-electron chi connectivity index (χ0n) is 12.9. The summed E-state index contributed by atoms with van der Waals surface area (Å²) in [6.45, 7) is 5.96. The van der Waals surface area contributed by atoms with Crippen LogP contribution in [0.15, 0.2) is 29.4 Å². The SMILES string of the molecule is c1cc(CN2Cc3cncn3C[C@@H](COCC3CC3)C2)cs1. The molecule has 0 N–H and O–H groups in total. The maximum atomic E-state index is 5.97. The monoisotopic (exact) mass is 317 g/mol. The third-order valence-electron chi connectivity index (χ3n) is 4.55. The highest BCUT2D eigenvalue weighted by Gasteiger charge is 2.25. The Kier molecular flexibility index (Phi) is 4.28. The van der Waals surface area contributed by atoms with Crippen LogP contribution in [0.5, 0.6) is 0 Å². The standard InChI is InChI=1S/C17H23N3OS/c1-2-14(1)10-21-11-16-7-19(6-15-3-4-22-12-15)9-17-5-18-13-20(17)8-16/h3-5,12-14,16H,1-2,6-11H2/t16-/m0/s1. The van der Waals surface area contributed by atoms with Crippen molar-refractivity contribution in [3.05, 3.63) is 40.6 Å². The summed E-state index contributed by atoms with van der Waals surface area (Å²) in [5.74, 6) is 1.39. The number of rotatable bonds is 6. The van der Waals surface area contributed by atoms with Crippen LogP contribution in [-0.4, -0.2) is 34.2 Å². The molecule has 1 saturated carbocycles. The molecule has 118 valence electrons. The Bertz CT molecular complexity index is 591. The van der Waals surface area contributed by atoms with Crippen LogP contribution < -0.4 is 0 Å². The van der Waals surface area contributed by atoms with E-state index in [1.807, 2.05) is 12.5 Å². The molecule has 5 heteroatoms. The Morgan fingerprint density at radius 1 is 1.23 bits per heavy atom. The zero-order valence-corrected chi connectivity index (χ0v) is 13.7. The van der Waals surface area contributed by atoms with Gasteiger partial charge in [-0.05, 0) is 41.1 Å². The van der Waals surface area contributed by atoms with Gasteiger partial charge in [-0.2, -0.15) is 11.3 Å². The lowest BCUT2D eigenvalue weighted by molar-refractivity contribution is 0.0705. The molecule has 4 nitrogen and oxygen atoms in total. The van der Waals surface area contributed by atoms with Crippen molar-refractivity contribution in [2.45, 2.75) is 32.5 Å². The van der Waals surface area contributed by atoms with Gasteiger partial charge >= 0.3 is 0 Å². The lowest BCUT2D eigenvalue weighted by Gasteiger charge is -2.23. The van der Waals surface area contributed by atoms with Crippen molar-refractivity contribution >= 4 is 11.3 Å². The second-order valence-electron chi connectivity index (χ2n) is 6.69. The summed E-state index contributed by atoms with van der Waals surface area (Å²) in [5, 5.41) is 4.41. The molecule has 0 amide bonds. The van der Waals surface area contributed by atoms with Crippen molar-refractivity contribution in [1.29, 1.82) is 0 Å². The molecule has 2 aromatic rings. The van der Waals surface area contributed by atoms with Gasteiger partial charge < -0.3 is 9.30 Å². The van der Waals surface area contributed by atoms with Gasteiger partial charge in [-0.3, -0.25) is 4.90 Å². The van der Waals surface area contributed by atoms with E-state index < -0.39 is 0 Å². The van der Waals surface area contributed by atoms with Crippen LogP contribution >= 0.6 is 11.3 Å². The van der Waals surface area contributed by atoms with Gasteiger partial charge in [0.05, 0.1) is 18.6 Å². The predicted octanol–water partition coefficient (Wildman–Crippen LogP) is 3.00. The Balaban J connectivity index is 1.42. The van der Waals surface area contributed by atoms with E-state index in [2.05, 4.69) is 31.3 Å². The normalized spacial score (nSPS) is 22.5. The summed E-state index contributed by atoms with van der Waals surface area (Å²) in [6, 6.07) is 2.23. The Morgan fingerprint density at radius 3 is 2.95 bits per heavy atom. The summed E-state index contributed by atoms with van der Waals surface area (Å²) in [5.41, 5.74) is 2.73. The fourth-order valence-corrected chi connectivity index (χ4v) is 3.85. The first kappa shape index (κ1) is 14.4. The molecule has 3 heterocycles. The maximum absolute atomic E-state index is 5.97. The lowest BCUT2D eigenvalue weighted by atomic mass is 10.1. The molecule has 1 aliphatic heterocycles. The first-order valence-electron chi connectivity index (χ1n) is 8.17. The van der Waals surface area contributed by atoms with E-state index in [0.717, 1.165) is 45.3 Å². The number of fused-ring (bicyclic) bond motifs is 1. The van der Waals surface area contributed by atoms with E-state index in [9.17, 15) is 0 Å². The van der Waals surface area contributed by atoms with Gasteiger partial charge in [0.2, 0.25) is 0 Å². The quantitative estimate of drug-likeness (QED) is 0.820. The first-order valence-corrected chi connectivity index (χ1v) is 9.11. The second-order valence-corrected chi connectivity index (χ2v) is 7.47. The average Bonchev–Trinajstić information content (AvgIpc) is 3.06. The fraction of sp³-hybridized carbons (Fsp3) is 0.588. The van der Waals surface area contributed by atoms with Crippen LogP contribution in [0.2, 0.25) is 0 Å². The molecular formula is C17H23N3OS. The van der Waals surface area contributed by atoms with E-state index in [1.165, 1.54) is 24.1 Å². The number of imidazole rings is 1. The maximum Gasteiger partial charge on any atom is 0.0948 e. The van der Waals surface area contributed by atoms with Gasteiger partial charge in [-0.15, -0.1) is 0 Å². The summed E-state index contributed by atoms with van der Waals surface area (Å²) in [6.07, 6.45) is 6.70. The Hall–Kier alpha value is -1.17. The smallest absolute Gasteiger partial charge is 0.0948 e. The minimum Gasteiger partial charge on any atom is -0.381 e. The van der Waals surface area contributed by atoms with Gasteiger partial charge in [0.25, 0.3) is 0 Å². The lowest BCUT2D eigenvalue weighted by Crippen LogP contribution is -2.30. The third-order valence-corrected chi connectivity index (χ3v) is 5.28. The van der Waals surface area contributed by atoms with Crippen LogP contribution in [0.1, 0.15) is 24.1 Å². The molecule has 1 fully saturated rings. The minimum atomic E-state index is 0.549. The van der Waals surface area contributed by atoms with Crippen LogP contribution in [0.3, 0.4) is 0 Å². The van der Waals surface area contributed by atoms with E-state index in [-0.39, 0.29) is 0 Å². The van der Waals surface area contributed by atoms with Crippen LogP contribution in [-0.2, 0) is 24.4 Å². The van der Waals surface area contributed by atoms with Crippen molar-refractivity contribution in [3.63, 3.8) is 0 Å². The molecule has 0 spiro atoms. The molecule has 0 saturated heterocycles. The molecular weight excluding hydrogens is 294 g/mol. The number of hydrogen-bond donors (Lipinski definition) is 0. The van der Waals surface area contributed by atoms with Crippen molar-refractivity contribution in [2.24, 2.45) is 11.8 Å². The Labute approximate surface area is 135 Å². The molecule has 4 rings (SSSR count). The Morgan fingerprint density at radius 2 is 2.14 bits per heavy atom. The number of aromatic nitrogens is 2. The average molecular weight is 317 g/mol. The number of ether oxygens (including phenoxy) is 1. The topological polar surface area (TPSA) is 30.3 Å². The first-order chi connectivity index (χ1) is 10.9. The van der Waals surface area contributed by atoms with Gasteiger partial charge in [0, 0.05) is 44.9 Å². The number of hydrogen-bond acceptors (Lipinski definition) is 4. The highest BCUT2D eigenvalue weighted by molar-refractivity contribution is 7.07. The van der Waals surface area contributed by atoms with E-state index in [1.54, 1.807) is 11.3 Å². The van der Waals surface area contributed by atoms with Gasteiger partial charge in [-0.25, -0.2) is 4.98 Å². The molecule has 0 aromatic carbocycles. The third kappa shape index (κ3) is 3.59. The van der Waals surface area contributed by atoms with E-state index in [0.29, 0.717) is 5.92 Å². The highest BCUT2D eigenvalue weighted by atomic mass is 32.1. The largest absolute Gasteiger partial charge is 0.381 e. The van der Waals surface area contributed by atoms with E-state index in [4.69, 9.17) is 4.74 Å². The number of nitrogens with zero attached hydrogens (tertiary/aromatic N) is 3. The highest BCUT2D eigenvalue weighted by Crippen LogP contribution is 2.29. The van der Waals surface area contributed by atoms with Gasteiger partial charge in [-0.1, -0.05) is 0 Å². The van der Waals surface area contributed by atoms with Crippen LogP contribution in [0.25, 0.3) is 0 Å². The van der Waals surface area contributed by atoms with Gasteiger partial charge in [0.1, 0.15) is 0 Å². The molecule has 0 unspecified atom stereocenters. The molecule has 0 bridgehead atoms. The summed E-state index contributed by atoms with van der Waals surface area (Å²) in [7, 11) is 0. The number of thiophene rings is 1. The van der Waals surface area contributed by atoms with Crippen molar-refractivity contribution in [3.8, 4) is 0 Å². The fourth-order valence-electron chi connectivity index (χ4n) is 3.19. The summed E-state index contributed by atoms with van der Waals surface area (Å²) in [4.78, 5) is 6.86. The minimum absolute atomic E-state index is 0.549. The molecule has 1 atom stereocenters. The van der Waals surface area contributed by atoms with Crippen molar-refractivity contribution in [2.75, 3.05) is 19.8 Å². The van der Waals surface area contributed by atoms with Gasteiger partial charge in [0.15, 0.2) is 0 Å². The van der Waals surface area contributed by atoms with Crippen molar-refractivity contribution < 1.29 is 4.74 Å². The zero-order chi connectivity index (χ0) is 14.8. The van der Waals surface area contributed by atoms with Crippen molar-refractivity contribution in [1.82, 2.24) is 14.5 Å². The predicted molar refractivity (Wildman–Crippen MR) is 87.7 cm³/mol. The molecule has 22 heavy (non-hydrogen) atoms. The molecule has 0 radical (unpaired) electrons. The van der Waals surface area contributed by atoms with Crippen LogP contribution in [0, 0.1) is 11.8 Å².